The van der Waals surface area contributed by atoms with Gasteiger partial charge in [-0.05, 0) is 32.4 Å². The van der Waals surface area contributed by atoms with E-state index in [1.165, 1.54) is 11.1 Å². The number of rotatable bonds is 8. The quantitative estimate of drug-likeness (QED) is 0.655. The van der Waals surface area contributed by atoms with Gasteiger partial charge >= 0.3 is 0 Å². The Kier molecular flexibility index (Phi) is 8.69. The molecule has 0 unspecified atom stereocenters. The summed E-state index contributed by atoms with van der Waals surface area (Å²) in [7, 11) is 1.95. The van der Waals surface area contributed by atoms with Gasteiger partial charge in [0.05, 0.1) is 0 Å². The molecule has 0 aliphatic heterocycles. The van der Waals surface area contributed by atoms with Crippen molar-refractivity contribution < 1.29 is 4.79 Å². The SMILES string of the molecule is CC/C=C\C(CCC(=O)C(C)C)=C(/C)CNC. The predicted molar refractivity (Wildman–Crippen MR) is 75.1 cm³/mol. The molecule has 0 atom stereocenters. The number of carbonyl (C=O) groups is 1. The first kappa shape index (κ1) is 16.1. The Balaban J connectivity index is 4.55. The molecule has 0 saturated heterocycles. The molecule has 1 N–H and O–H groups in total. The molecule has 0 spiro atoms. The second kappa shape index (κ2) is 9.17. The van der Waals surface area contributed by atoms with Crippen LogP contribution in [0.5, 0.6) is 0 Å². The Hall–Kier alpha value is -0.890. The summed E-state index contributed by atoms with van der Waals surface area (Å²) in [5, 5.41) is 3.16. The van der Waals surface area contributed by atoms with Crippen molar-refractivity contribution in [1.82, 2.24) is 5.32 Å². The van der Waals surface area contributed by atoms with Gasteiger partial charge in [0, 0.05) is 18.9 Å². The van der Waals surface area contributed by atoms with Crippen LogP contribution in [-0.2, 0) is 4.79 Å². The molecular weight excluding hydrogens is 210 g/mol. The maximum absolute atomic E-state index is 11.6. The van der Waals surface area contributed by atoms with Gasteiger partial charge in [-0.15, -0.1) is 0 Å². The Morgan fingerprint density at radius 3 is 2.41 bits per heavy atom. The van der Waals surface area contributed by atoms with Gasteiger partial charge in [0.1, 0.15) is 5.78 Å². The van der Waals surface area contributed by atoms with Gasteiger partial charge < -0.3 is 5.32 Å². The summed E-state index contributed by atoms with van der Waals surface area (Å²) in [6, 6.07) is 0. The molecule has 0 aromatic heterocycles. The van der Waals surface area contributed by atoms with Crippen molar-refractivity contribution in [1.29, 1.82) is 0 Å². The summed E-state index contributed by atoms with van der Waals surface area (Å²) in [5.41, 5.74) is 2.63. The van der Waals surface area contributed by atoms with Crippen LogP contribution in [0.1, 0.15) is 47.0 Å². The minimum absolute atomic E-state index is 0.149. The fraction of sp³-hybridized carbons (Fsp3) is 0.667. The summed E-state index contributed by atoms with van der Waals surface area (Å²) < 4.78 is 0. The van der Waals surface area contributed by atoms with Gasteiger partial charge in [0.25, 0.3) is 0 Å². The minimum atomic E-state index is 0.149. The average Bonchev–Trinajstić information content (AvgIpc) is 2.28. The van der Waals surface area contributed by atoms with Gasteiger partial charge in [-0.2, -0.15) is 0 Å². The smallest absolute Gasteiger partial charge is 0.135 e. The van der Waals surface area contributed by atoms with E-state index < -0.39 is 0 Å². The van der Waals surface area contributed by atoms with Crippen LogP contribution in [0.3, 0.4) is 0 Å². The van der Waals surface area contributed by atoms with Gasteiger partial charge in [-0.1, -0.05) is 38.5 Å². The number of likely N-dealkylation sites (N-methyl/N-ethyl adjacent to an activating group) is 1. The number of hydrogen-bond donors (Lipinski definition) is 1. The maximum atomic E-state index is 11.6. The van der Waals surface area contributed by atoms with Crippen LogP contribution in [0.2, 0.25) is 0 Å². The van der Waals surface area contributed by atoms with Crippen LogP contribution in [0.15, 0.2) is 23.3 Å². The standard InChI is InChI=1S/C15H27NO/c1-6-7-8-14(13(4)11-16-5)9-10-15(17)12(2)3/h7-8,12,16H,6,9-11H2,1-5H3/b8-7-,14-13-. The van der Waals surface area contributed by atoms with Crippen LogP contribution >= 0.6 is 0 Å². The fourth-order valence-corrected chi connectivity index (χ4v) is 1.62. The van der Waals surface area contributed by atoms with E-state index >= 15 is 0 Å². The molecule has 0 aromatic carbocycles. The van der Waals surface area contributed by atoms with Gasteiger partial charge in [-0.25, -0.2) is 0 Å². The fourth-order valence-electron chi connectivity index (χ4n) is 1.62. The van der Waals surface area contributed by atoms with Crippen LogP contribution in [-0.4, -0.2) is 19.4 Å². The van der Waals surface area contributed by atoms with Gasteiger partial charge in [0.2, 0.25) is 0 Å². The minimum Gasteiger partial charge on any atom is -0.316 e. The number of ketones is 1. The first-order valence-electron chi connectivity index (χ1n) is 6.55. The third-order valence-electron chi connectivity index (χ3n) is 2.83. The van der Waals surface area contributed by atoms with E-state index in [9.17, 15) is 4.79 Å². The Labute approximate surface area is 106 Å². The van der Waals surface area contributed by atoms with Crippen LogP contribution in [0, 0.1) is 5.92 Å². The molecule has 0 rings (SSSR count). The summed E-state index contributed by atoms with van der Waals surface area (Å²) in [5.74, 6) is 0.501. The maximum Gasteiger partial charge on any atom is 0.135 e. The number of allylic oxidation sites excluding steroid dienone is 3. The predicted octanol–water partition coefficient (Wildman–Crippen LogP) is 3.49. The molecule has 0 aromatic rings. The summed E-state index contributed by atoms with van der Waals surface area (Å²) in [6.07, 6.45) is 6.88. The van der Waals surface area contributed by atoms with E-state index in [0.29, 0.717) is 12.2 Å². The van der Waals surface area contributed by atoms with Crippen LogP contribution in [0.25, 0.3) is 0 Å². The van der Waals surface area contributed by atoms with E-state index in [1.807, 2.05) is 20.9 Å². The van der Waals surface area contributed by atoms with Crippen molar-refractivity contribution in [3.8, 4) is 0 Å². The lowest BCUT2D eigenvalue weighted by atomic mass is 9.98. The topological polar surface area (TPSA) is 29.1 Å². The van der Waals surface area contributed by atoms with E-state index in [2.05, 4.69) is 31.3 Å². The zero-order valence-electron chi connectivity index (χ0n) is 12.0. The number of Topliss-reactive ketones (excluding diaryl/α,β-unsaturated/α-hetero) is 1. The molecule has 0 fully saturated rings. The molecule has 0 aliphatic carbocycles. The number of nitrogens with one attached hydrogen (secondary N) is 1. The van der Waals surface area contributed by atoms with E-state index in [4.69, 9.17) is 0 Å². The summed E-state index contributed by atoms with van der Waals surface area (Å²) in [6.45, 7) is 9.08. The lowest BCUT2D eigenvalue weighted by molar-refractivity contribution is -0.121. The van der Waals surface area contributed by atoms with E-state index in [0.717, 1.165) is 19.4 Å². The highest BCUT2D eigenvalue weighted by Crippen LogP contribution is 2.15. The second-order valence-corrected chi connectivity index (χ2v) is 4.77. The molecular formula is C15H27NO. The molecule has 0 bridgehead atoms. The lowest BCUT2D eigenvalue weighted by Gasteiger charge is -2.09. The van der Waals surface area contributed by atoms with E-state index in [-0.39, 0.29) is 5.92 Å². The molecule has 0 aliphatic rings. The Bertz CT molecular complexity index is 287. The second-order valence-electron chi connectivity index (χ2n) is 4.77. The highest BCUT2D eigenvalue weighted by atomic mass is 16.1. The third kappa shape index (κ3) is 7.11. The van der Waals surface area contributed by atoms with Crippen molar-refractivity contribution in [2.75, 3.05) is 13.6 Å². The first-order chi connectivity index (χ1) is 8.02. The summed E-state index contributed by atoms with van der Waals surface area (Å²) in [4.78, 5) is 11.6. The summed E-state index contributed by atoms with van der Waals surface area (Å²) >= 11 is 0. The monoisotopic (exact) mass is 237 g/mol. The zero-order valence-corrected chi connectivity index (χ0v) is 12.0. The van der Waals surface area contributed by atoms with Crippen LogP contribution in [0.4, 0.5) is 0 Å². The molecule has 0 radical (unpaired) electrons. The van der Waals surface area contributed by atoms with E-state index in [1.54, 1.807) is 0 Å². The van der Waals surface area contributed by atoms with Crippen molar-refractivity contribution in [3.05, 3.63) is 23.3 Å². The molecule has 98 valence electrons. The average molecular weight is 237 g/mol. The molecule has 17 heavy (non-hydrogen) atoms. The number of carbonyl (C=O) groups excluding carboxylic acids is 1. The first-order valence-corrected chi connectivity index (χ1v) is 6.55. The lowest BCUT2D eigenvalue weighted by Crippen LogP contribution is -2.11. The van der Waals surface area contributed by atoms with Gasteiger partial charge in [-0.3, -0.25) is 4.79 Å². The largest absolute Gasteiger partial charge is 0.316 e. The van der Waals surface area contributed by atoms with Crippen molar-refractivity contribution in [2.45, 2.75) is 47.0 Å². The van der Waals surface area contributed by atoms with Crippen molar-refractivity contribution >= 4 is 5.78 Å². The third-order valence-corrected chi connectivity index (χ3v) is 2.83. The van der Waals surface area contributed by atoms with Gasteiger partial charge in [0.15, 0.2) is 0 Å². The molecule has 2 nitrogen and oxygen atoms in total. The van der Waals surface area contributed by atoms with Crippen molar-refractivity contribution in [3.63, 3.8) is 0 Å². The normalized spacial score (nSPS) is 13.3. The van der Waals surface area contributed by atoms with Crippen molar-refractivity contribution in [2.24, 2.45) is 5.92 Å². The Morgan fingerprint density at radius 2 is 1.94 bits per heavy atom. The molecule has 0 heterocycles. The highest BCUT2D eigenvalue weighted by Gasteiger charge is 2.08. The molecule has 0 amide bonds. The highest BCUT2D eigenvalue weighted by molar-refractivity contribution is 5.80. The molecule has 2 heteroatoms. The zero-order chi connectivity index (χ0) is 13.3. The van der Waals surface area contributed by atoms with Crippen LogP contribution < -0.4 is 5.32 Å². The number of hydrogen-bond acceptors (Lipinski definition) is 2. The Morgan fingerprint density at radius 1 is 1.29 bits per heavy atom. The molecule has 0 saturated carbocycles.